The van der Waals surface area contributed by atoms with Crippen LogP contribution in [0.4, 0.5) is 18.9 Å². The van der Waals surface area contributed by atoms with Gasteiger partial charge in [-0.1, -0.05) is 0 Å². The van der Waals surface area contributed by atoms with Crippen molar-refractivity contribution in [2.75, 3.05) is 18.1 Å². The number of carbonyl (C=O) groups is 2. The van der Waals surface area contributed by atoms with Gasteiger partial charge >= 0.3 is 6.18 Å². The molecule has 2 aromatic heterocycles. The largest absolute Gasteiger partial charge is 0.481 e. The SMILES string of the molecule is Cc1cnc(-c2cc(C(=O)NC(C)c3cnc(C(F)(F)F)nc3)cc3c2OCC(=O)N3CC2CC2)s1. The van der Waals surface area contributed by atoms with Crippen molar-refractivity contribution in [3.63, 3.8) is 0 Å². The Kier molecular flexibility index (Phi) is 6.15. The Labute approximate surface area is 208 Å². The maximum Gasteiger partial charge on any atom is 0.451 e. The molecule has 8 nitrogen and oxygen atoms in total. The first-order valence-electron chi connectivity index (χ1n) is 11.3. The van der Waals surface area contributed by atoms with Gasteiger partial charge in [0.15, 0.2) is 12.4 Å². The number of halogens is 3. The molecule has 5 rings (SSSR count). The second-order valence-corrected chi connectivity index (χ2v) is 10.2. The summed E-state index contributed by atoms with van der Waals surface area (Å²) in [5.41, 5.74) is 1.71. The summed E-state index contributed by atoms with van der Waals surface area (Å²) >= 11 is 1.44. The topological polar surface area (TPSA) is 97.3 Å². The number of ether oxygens (including phenoxy) is 1. The van der Waals surface area contributed by atoms with Gasteiger partial charge in [-0.05, 0) is 44.7 Å². The van der Waals surface area contributed by atoms with Crippen molar-refractivity contribution in [3.05, 3.63) is 52.6 Å². The molecule has 1 aromatic carbocycles. The smallest absolute Gasteiger partial charge is 0.451 e. The van der Waals surface area contributed by atoms with Crippen LogP contribution in [0, 0.1) is 12.8 Å². The number of nitrogens with zero attached hydrogens (tertiary/aromatic N) is 4. The second-order valence-electron chi connectivity index (χ2n) is 8.92. The average molecular weight is 518 g/mol. The molecular weight excluding hydrogens is 495 g/mol. The summed E-state index contributed by atoms with van der Waals surface area (Å²) in [6.07, 6.45) is 1.26. The van der Waals surface area contributed by atoms with Gasteiger partial charge in [0.05, 0.1) is 17.3 Å². The molecule has 1 N–H and O–H groups in total. The van der Waals surface area contributed by atoms with Gasteiger partial charge in [0.25, 0.3) is 11.8 Å². The maximum absolute atomic E-state index is 13.3. The van der Waals surface area contributed by atoms with Crippen molar-refractivity contribution in [2.45, 2.75) is 38.9 Å². The Morgan fingerprint density at radius 3 is 2.56 bits per heavy atom. The van der Waals surface area contributed by atoms with E-state index in [1.807, 2.05) is 6.92 Å². The number of hydrogen-bond donors (Lipinski definition) is 1. The van der Waals surface area contributed by atoms with Crippen LogP contribution >= 0.6 is 11.3 Å². The Morgan fingerprint density at radius 2 is 1.94 bits per heavy atom. The van der Waals surface area contributed by atoms with Gasteiger partial charge < -0.3 is 15.0 Å². The predicted molar refractivity (Wildman–Crippen MR) is 126 cm³/mol. The number of fused-ring (bicyclic) bond motifs is 1. The van der Waals surface area contributed by atoms with E-state index in [9.17, 15) is 22.8 Å². The molecule has 1 aliphatic carbocycles. The highest BCUT2D eigenvalue weighted by Crippen LogP contribution is 2.44. The summed E-state index contributed by atoms with van der Waals surface area (Å²) in [6, 6.07) is 2.61. The highest BCUT2D eigenvalue weighted by atomic mass is 32.1. The van der Waals surface area contributed by atoms with Crippen LogP contribution in [-0.4, -0.2) is 39.9 Å². The minimum atomic E-state index is -4.65. The van der Waals surface area contributed by atoms with Crippen molar-refractivity contribution in [1.29, 1.82) is 0 Å². The van der Waals surface area contributed by atoms with E-state index in [0.717, 1.165) is 30.1 Å². The second kappa shape index (κ2) is 9.16. The average Bonchev–Trinajstić information content (AvgIpc) is 3.56. The number of amides is 2. The normalized spacial score (nSPS) is 16.4. The van der Waals surface area contributed by atoms with Crippen LogP contribution in [0.15, 0.2) is 30.7 Å². The Balaban J connectivity index is 1.47. The molecule has 1 aliphatic heterocycles. The number of anilines is 1. The zero-order chi connectivity index (χ0) is 25.6. The molecule has 188 valence electrons. The first-order valence-corrected chi connectivity index (χ1v) is 12.2. The minimum absolute atomic E-state index is 0.0897. The third-order valence-corrected chi connectivity index (χ3v) is 6.97. The molecule has 36 heavy (non-hydrogen) atoms. The van der Waals surface area contributed by atoms with E-state index in [1.165, 1.54) is 11.3 Å². The quantitative estimate of drug-likeness (QED) is 0.515. The number of hydrogen-bond acceptors (Lipinski definition) is 7. The van der Waals surface area contributed by atoms with Gasteiger partial charge in [-0.15, -0.1) is 11.3 Å². The minimum Gasteiger partial charge on any atom is -0.481 e. The summed E-state index contributed by atoms with van der Waals surface area (Å²) in [6.45, 7) is 4.00. The van der Waals surface area contributed by atoms with Gasteiger partial charge in [-0.3, -0.25) is 9.59 Å². The monoisotopic (exact) mass is 517 g/mol. The van der Waals surface area contributed by atoms with Crippen LogP contribution in [0.2, 0.25) is 0 Å². The van der Waals surface area contributed by atoms with Crippen LogP contribution in [0.5, 0.6) is 5.75 Å². The maximum atomic E-state index is 13.3. The molecule has 3 aromatic rings. The molecule has 12 heteroatoms. The molecule has 3 heterocycles. The lowest BCUT2D eigenvalue weighted by molar-refractivity contribution is -0.145. The first-order chi connectivity index (χ1) is 17.1. The lowest BCUT2D eigenvalue weighted by Gasteiger charge is -2.31. The molecular formula is C24H22F3N5O3S. The summed E-state index contributed by atoms with van der Waals surface area (Å²) in [4.78, 5) is 39.8. The molecule has 2 amide bonds. The van der Waals surface area contributed by atoms with E-state index in [4.69, 9.17) is 4.74 Å². The van der Waals surface area contributed by atoms with E-state index >= 15 is 0 Å². The molecule has 1 fully saturated rings. The summed E-state index contributed by atoms with van der Waals surface area (Å²) in [5.74, 6) is -0.969. The molecule has 1 saturated carbocycles. The van der Waals surface area contributed by atoms with Crippen LogP contribution in [0.1, 0.15) is 52.4 Å². The fourth-order valence-corrected chi connectivity index (χ4v) is 4.69. The summed E-state index contributed by atoms with van der Waals surface area (Å²) in [7, 11) is 0. The number of alkyl halides is 3. The van der Waals surface area contributed by atoms with Crippen molar-refractivity contribution < 1.29 is 27.5 Å². The number of benzene rings is 1. The number of thiazole rings is 1. The molecule has 1 unspecified atom stereocenters. The molecule has 0 radical (unpaired) electrons. The van der Waals surface area contributed by atoms with E-state index < -0.39 is 23.9 Å². The van der Waals surface area contributed by atoms with Crippen molar-refractivity contribution in [2.24, 2.45) is 5.92 Å². The number of aryl methyl sites for hydroxylation is 1. The van der Waals surface area contributed by atoms with Gasteiger partial charge in [-0.2, -0.15) is 13.2 Å². The molecule has 0 bridgehead atoms. The van der Waals surface area contributed by atoms with Crippen molar-refractivity contribution in [3.8, 4) is 16.3 Å². The summed E-state index contributed by atoms with van der Waals surface area (Å²) in [5, 5.41) is 3.43. The highest BCUT2D eigenvalue weighted by Gasteiger charge is 2.35. The Hall–Kier alpha value is -3.54. The fraction of sp³-hybridized carbons (Fsp3) is 0.375. The van der Waals surface area contributed by atoms with Gasteiger partial charge in [-0.25, -0.2) is 15.0 Å². The standard InChI is InChI=1S/C24H22F3N5O3S/c1-12-7-28-22(36-12)17-5-15(6-18-20(17)35-11-19(33)32(18)10-14-3-4-14)21(34)31-13(2)16-8-29-23(30-9-16)24(25,26)27/h5-9,13-14H,3-4,10-11H2,1-2H3,(H,31,34). The lowest BCUT2D eigenvalue weighted by atomic mass is 10.0. The lowest BCUT2D eigenvalue weighted by Crippen LogP contribution is -2.40. The van der Waals surface area contributed by atoms with E-state index in [1.54, 1.807) is 30.2 Å². The van der Waals surface area contributed by atoms with Crippen LogP contribution < -0.4 is 15.0 Å². The molecule has 1 atom stereocenters. The highest BCUT2D eigenvalue weighted by molar-refractivity contribution is 7.15. The number of carbonyl (C=O) groups excluding carboxylic acids is 2. The van der Waals surface area contributed by atoms with E-state index in [0.29, 0.717) is 40.0 Å². The Morgan fingerprint density at radius 1 is 1.22 bits per heavy atom. The van der Waals surface area contributed by atoms with Gasteiger partial charge in [0.1, 0.15) is 5.01 Å². The van der Waals surface area contributed by atoms with E-state index in [-0.39, 0.29) is 18.1 Å². The van der Waals surface area contributed by atoms with Crippen LogP contribution in [-0.2, 0) is 11.0 Å². The number of aromatic nitrogens is 3. The Bertz CT molecular complexity index is 1320. The van der Waals surface area contributed by atoms with Gasteiger partial charge in [0.2, 0.25) is 5.82 Å². The van der Waals surface area contributed by atoms with Crippen molar-refractivity contribution in [1.82, 2.24) is 20.3 Å². The van der Waals surface area contributed by atoms with E-state index in [2.05, 4.69) is 20.3 Å². The number of rotatable bonds is 6. The molecule has 2 aliphatic rings. The third kappa shape index (κ3) is 4.90. The van der Waals surface area contributed by atoms with Crippen LogP contribution in [0.3, 0.4) is 0 Å². The van der Waals surface area contributed by atoms with Crippen molar-refractivity contribution >= 4 is 28.8 Å². The zero-order valence-corrected chi connectivity index (χ0v) is 20.2. The van der Waals surface area contributed by atoms with Gasteiger partial charge in [0, 0.05) is 41.1 Å². The predicted octanol–water partition coefficient (Wildman–Crippen LogP) is 4.55. The first kappa shape index (κ1) is 24.2. The third-order valence-electron chi connectivity index (χ3n) is 6.03. The summed E-state index contributed by atoms with van der Waals surface area (Å²) < 4.78 is 44.1. The fourth-order valence-electron chi connectivity index (χ4n) is 3.91. The number of nitrogens with one attached hydrogen (secondary N) is 1. The molecule has 0 spiro atoms. The molecule has 0 saturated heterocycles. The zero-order valence-electron chi connectivity index (χ0n) is 19.4. The van der Waals surface area contributed by atoms with Crippen LogP contribution in [0.25, 0.3) is 10.6 Å².